The Morgan fingerprint density at radius 3 is 1.96 bits per heavy atom. The van der Waals surface area contributed by atoms with Gasteiger partial charge in [-0.1, -0.05) is 47.0 Å². The molecular weight excluding hydrogens is 352 g/mol. The molecule has 0 spiro atoms. The van der Waals surface area contributed by atoms with Crippen molar-refractivity contribution < 1.29 is 14.4 Å². The van der Waals surface area contributed by atoms with Crippen LogP contribution in [0.15, 0.2) is 0 Å². The summed E-state index contributed by atoms with van der Waals surface area (Å²) in [5, 5.41) is 3.22. The molecule has 0 saturated heterocycles. The second-order valence-corrected chi connectivity index (χ2v) is 10.5. The van der Waals surface area contributed by atoms with Crippen LogP contribution in [0.3, 0.4) is 0 Å². The number of nitrogens with one attached hydrogen (secondary N) is 1. The Hall–Kier alpha value is -1.39. The maximum atomic E-state index is 13.0. The third-order valence-electron chi connectivity index (χ3n) is 5.84. The first-order valence-electron chi connectivity index (χ1n) is 11.0. The highest BCUT2D eigenvalue weighted by Gasteiger charge is 2.33. The first-order chi connectivity index (χ1) is 12.8. The first kappa shape index (κ1) is 24.6. The first-order valence-corrected chi connectivity index (χ1v) is 11.0. The number of carbonyl (C=O) groups is 3. The van der Waals surface area contributed by atoms with Crippen molar-refractivity contribution in [1.82, 2.24) is 5.32 Å². The normalized spacial score (nSPS) is 22.1. The largest absolute Gasteiger partial charge is 0.370 e. The Labute approximate surface area is 171 Å². The molecule has 5 nitrogen and oxygen atoms in total. The third-order valence-corrected chi connectivity index (χ3v) is 5.84. The zero-order valence-corrected chi connectivity index (χ0v) is 18.9. The number of rotatable bonds is 8. The highest BCUT2D eigenvalue weighted by atomic mass is 16.2. The van der Waals surface area contributed by atoms with Crippen LogP contribution >= 0.6 is 0 Å². The van der Waals surface area contributed by atoms with Gasteiger partial charge in [0.1, 0.15) is 5.78 Å². The predicted molar refractivity (Wildman–Crippen MR) is 114 cm³/mol. The van der Waals surface area contributed by atoms with Crippen molar-refractivity contribution in [3.05, 3.63) is 0 Å². The number of Topliss-reactive ketones (excluding diaryl/α,β-unsaturated/α-hetero) is 1. The van der Waals surface area contributed by atoms with E-state index in [2.05, 4.69) is 5.32 Å². The highest BCUT2D eigenvalue weighted by Crippen LogP contribution is 2.32. The number of hydrogen-bond acceptors (Lipinski definition) is 3. The lowest BCUT2D eigenvalue weighted by atomic mass is 9.77. The molecule has 0 bridgehead atoms. The van der Waals surface area contributed by atoms with Gasteiger partial charge in [-0.15, -0.1) is 0 Å². The standard InChI is InChI=1S/C23H42N2O3/c1-16(2)20(27)17-10-7-8-11-18(13-9-12-17)21(28)25-23(5,6)15-22(3,4)14-19(24)26/h16-18H,7-15H2,1-6H3,(H2,24,26)(H,25,28). The van der Waals surface area contributed by atoms with E-state index < -0.39 is 5.54 Å². The summed E-state index contributed by atoms with van der Waals surface area (Å²) in [6.45, 7) is 12.0. The SMILES string of the molecule is CC(C)C(=O)C1CCCCC(C(=O)NC(C)(C)CC(C)(C)CC(N)=O)CCC1. The molecule has 162 valence electrons. The molecule has 3 N–H and O–H groups in total. The number of amides is 2. The lowest BCUT2D eigenvalue weighted by molar-refractivity contribution is -0.127. The van der Waals surface area contributed by atoms with Crippen molar-refractivity contribution in [2.45, 2.75) is 105 Å². The van der Waals surface area contributed by atoms with Crippen LogP contribution in [0.5, 0.6) is 0 Å². The van der Waals surface area contributed by atoms with E-state index in [0.717, 1.165) is 44.9 Å². The summed E-state index contributed by atoms with van der Waals surface area (Å²) < 4.78 is 0. The molecule has 1 aliphatic carbocycles. The molecule has 0 aromatic rings. The molecule has 2 atom stereocenters. The summed E-state index contributed by atoms with van der Waals surface area (Å²) in [4.78, 5) is 36.6. The molecule has 1 aliphatic rings. The van der Waals surface area contributed by atoms with Gasteiger partial charge in [0, 0.05) is 29.7 Å². The summed E-state index contributed by atoms with van der Waals surface area (Å²) in [6, 6.07) is 0. The number of ketones is 1. The van der Waals surface area contributed by atoms with E-state index in [-0.39, 0.29) is 35.0 Å². The maximum absolute atomic E-state index is 13.0. The molecule has 2 unspecified atom stereocenters. The van der Waals surface area contributed by atoms with E-state index >= 15 is 0 Å². The summed E-state index contributed by atoms with van der Waals surface area (Å²) in [5.74, 6) is 0.428. The number of carbonyl (C=O) groups excluding carboxylic acids is 3. The molecule has 1 fully saturated rings. The summed E-state index contributed by atoms with van der Waals surface area (Å²) in [5.41, 5.74) is 4.71. The summed E-state index contributed by atoms with van der Waals surface area (Å²) in [7, 11) is 0. The number of nitrogens with two attached hydrogens (primary N) is 1. The van der Waals surface area contributed by atoms with Gasteiger partial charge in [0.05, 0.1) is 0 Å². The smallest absolute Gasteiger partial charge is 0.223 e. The molecule has 0 aromatic heterocycles. The molecule has 0 aromatic carbocycles. The fourth-order valence-electron chi connectivity index (χ4n) is 4.91. The third kappa shape index (κ3) is 8.74. The van der Waals surface area contributed by atoms with Crippen molar-refractivity contribution in [3.63, 3.8) is 0 Å². The second kappa shape index (κ2) is 10.4. The van der Waals surface area contributed by atoms with E-state index in [9.17, 15) is 14.4 Å². The van der Waals surface area contributed by atoms with Gasteiger partial charge >= 0.3 is 0 Å². The van der Waals surface area contributed by atoms with Crippen LogP contribution in [-0.2, 0) is 14.4 Å². The van der Waals surface area contributed by atoms with Crippen molar-refractivity contribution in [3.8, 4) is 0 Å². The minimum atomic E-state index is -0.398. The van der Waals surface area contributed by atoms with E-state index in [1.807, 2.05) is 41.5 Å². The minimum Gasteiger partial charge on any atom is -0.370 e. The van der Waals surface area contributed by atoms with E-state index in [1.165, 1.54) is 0 Å². The Bertz CT molecular complexity index is 552. The van der Waals surface area contributed by atoms with Crippen LogP contribution < -0.4 is 11.1 Å². The van der Waals surface area contributed by atoms with Gasteiger partial charge in [0.15, 0.2) is 0 Å². The van der Waals surface area contributed by atoms with Crippen molar-refractivity contribution in [2.24, 2.45) is 28.9 Å². The zero-order chi connectivity index (χ0) is 21.5. The average molecular weight is 395 g/mol. The molecule has 0 heterocycles. The molecule has 0 radical (unpaired) electrons. The Kier molecular flexibility index (Phi) is 9.16. The van der Waals surface area contributed by atoms with Crippen LogP contribution in [0.2, 0.25) is 0 Å². The monoisotopic (exact) mass is 394 g/mol. The van der Waals surface area contributed by atoms with Crippen molar-refractivity contribution >= 4 is 17.6 Å². The fraction of sp³-hybridized carbons (Fsp3) is 0.870. The molecule has 28 heavy (non-hydrogen) atoms. The molecular formula is C23H42N2O3. The minimum absolute atomic E-state index is 0.00595. The van der Waals surface area contributed by atoms with Gasteiger partial charge < -0.3 is 11.1 Å². The lowest BCUT2D eigenvalue weighted by Gasteiger charge is -2.36. The van der Waals surface area contributed by atoms with Crippen LogP contribution in [0, 0.1) is 23.2 Å². The van der Waals surface area contributed by atoms with Gasteiger partial charge in [-0.05, 0) is 51.4 Å². The lowest BCUT2D eigenvalue weighted by Crippen LogP contribution is -2.48. The second-order valence-electron chi connectivity index (χ2n) is 10.5. The predicted octanol–water partition coefficient (Wildman–Crippen LogP) is 4.37. The topological polar surface area (TPSA) is 89.3 Å². The van der Waals surface area contributed by atoms with Gasteiger partial charge in [-0.25, -0.2) is 0 Å². The van der Waals surface area contributed by atoms with Crippen molar-refractivity contribution in [2.75, 3.05) is 0 Å². The molecule has 5 heteroatoms. The quantitative estimate of drug-likeness (QED) is 0.640. The summed E-state index contributed by atoms with van der Waals surface area (Å²) >= 11 is 0. The van der Waals surface area contributed by atoms with Crippen LogP contribution in [0.4, 0.5) is 0 Å². The van der Waals surface area contributed by atoms with Crippen LogP contribution in [-0.4, -0.2) is 23.1 Å². The van der Waals surface area contributed by atoms with E-state index in [0.29, 0.717) is 18.6 Å². The van der Waals surface area contributed by atoms with Gasteiger partial charge in [-0.3, -0.25) is 14.4 Å². The number of hydrogen-bond donors (Lipinski definition) is 2. The Balaban J connectivity index is 2.65. The Morgan fingerprint density at radius 1 is 0.929 bits per heavy atom. The highest BCUT2D eigenvalue weighted by molar-refractivity contribution is 5.82. The molecule has 1 saturated carbocycles. The van der Waals surface area contributed by atoms with Gasteiger partial charge in [0.2, 0.25) is 11.8 Å². The van der Waals surface area contributed by atoms with Crippen LogP contribution in [0.1, 0.15) is 99.3 Å². The average Bonchev–Trinajstić information content (AvgIpc) is 2.62. The maximum Gasteiger partial charge on any atom is 0.223 e. The van der Waals surface area contributed by atoms with Crippen LogP contribution in [0.25, 0.3) is 0 Å². The summed E-state index contributed by atoms with van der Waals surface area (Å²) in [6.07, 6.45) is 7.51. The zero-order valence-electron chi connectivity index (χ0n) is 18.9. The van der Waals surface area contributed by atoms with E-state index in [1.54, 1.807) is 0 Å². The molecule has 2 amide bonds. The van der Waals surface area contributed by atoms with E-state index in [4.69, 9.17) is 5.73 Å². The van der Waals surface area contributed by atoms with Gasteiger partial charge in [0.25, 0.3) is 0 Å². The van der Waals surface area contributed by atoms with Crippen molar-refractivity contribution in [1.29, 1.82) is 0 Å². The number of primary amides is 1. The molecule has 1 rings (SSSR count). The fourth-order valence-corrected chi connectivity index (χ4v) is 4.91. The van der Waals surface area contributed by atoms with Gasteiger partial charge in [-0.2, -0.15) is 0 Å². The Morgan fingerprint density at radius 2 is 1.43 bits per heavy atom. The molecule has 0 aliphatic heterocycles.